The third-order valence-electron chi connectivity index (χ3n) is 6.01. The first-order valence-corrected chi connectivity index (χ1v) is 17.5. The fourth-order valence-electron chi connectivity index (χ4n) is 4.01. The summed E-state index contributed by atoms with van der Waals surface area (Å²) in [6.07, 6.45) is -4.16. The minimum atomic E-state index is -4.79. The molecule has 0 aromatic carbocycles. The summed E-state index contributed by atoms with van der Waals surface area (Å²) in [5.74, 6) is -1.01. The SMILES string of the molecule is COCCOCCOCCOCCOCCNc1nc(Cl)nc2c1ncn2[C@@H]1O[C@H](CNP(=O)(O)CP(=O)(O)O)C(O)C1O. The summed E-state index contributed by atoms with van der Waals surface area (Å²) in [7, 11) is -7.63. The van der Waals surface area contributed by atoms with E-state index < -0.39 is 52.1 Å². The monoisotopic (exact) mass is 692 g/mol. The topological polar surface area (TPSA) is 258 Å². The summed E-state index contributed by atoms with van der Waals surface area (Å²) < 4.78 is 56.7. The maximum atomic E-state index is 12.1. The molecule has 3 heterocycles. The summed E-state index contributed by atoms with van der Waals surface area (Å²) in [6, 6.07) is 0. The van der Waals surface area contributed by atoms with Crippen molar-refractivity contribution in [3.05, 3.63) is 11.6 Å². The normalized spacial score (nSPS) is 22.1. The lowest BCUT2D eigenvalue weighted by atomic mass is 10.1. The Morgan fingerprint density at radius 1 is 0.932 bits per heavy atom. The van der Waals surface area contributed by atoms with Crippen LogP contribution in [-0.2, 0) is 37.6 Å². The highest BCUT2D eigenvalue weighted by Gasteiger charge is 2.45. The van der Waals surface area contributed by atoms with Gasteiger partial charge in [0.05, 0.1) is 65.8 Å². The molecule has 0 saturated carbocycles. The number of hydrogen-bond acceptors (Lipinski definition) is 14. The molecule has 2 aromatic heterocycles. The number of imidazole rings is 1. The molecule has 1 saturated heterocycles. The summed E-state index contributed by atoms with van der Waals surface area (Å²) in [5.41, 5.74) is 0.458. The number of methoxy groups -OCH3 is 1. The minimum Gasteiger partial charge on any atom is -0.387 e. The van der Waals surface area contributed by atoms with Crippen molar-refractivity contribution in [1.29, 1.82) is 0 Å². The fourth-order valence-corrected chi connectivity index (χ4v) is 7.03. The number of aliphatic hydroxyl groups is 2. The van der Waals surface area contributed by atoms with Gasteiger partial charge in [0.25, 0.3) is 7.52 Å². The molecule has 2 aromatic rings. The summed E-state index contributed by atoms with van der Waals surface area (Å²) in [6.45, 7) is 3.80. The van der Waals surface area contributed by atoms with E-state index in [2.05, 4.69) is 25.4 Å². The molecule has 7 N–H and O–H groups in total. The van der Waals surface area contributed by atoms with E-state index in [0.29, 0.717) is 66.0 Å². The third kappa shape index (κ3) is 12.1. The van der Waals surface area contributed by atoms with Gasteiger partial charge in [0.15, 0.2) is 23.2 Å². The van der Waals surface area contributed by atoms with Crippen molar-refractivity contribution in [3.8, 4) is 0 Å². The second-order valence-corrected chi connectivity index (χ2v) is 14.0. The fraction of sp³-hybridized carbons (Fsp3) is 0.773. The molecule has 0 amide bonds. The number of nitrogens with one attached hydrogen (secondary N) is 2. The van der Waals surface area contributed by atoms with Crippen molar-refractivity contribution < 1.29 is 62.4 Å². The molecule has 19 nitrogen and oxygen atoms in total. The molecule has 3 unspecified atom stereocenters. The van der Waals surface area contributed by atoms with Crippen molar-refractivity contribution >= 4 is 43.7 Å². The highest BCUT2D eigenvalue weighted by atomic mass is 35.5. The first-order chi connectivity index (χ1) is 20.9. The average molecular weight is 693 g/mol. The van der Waals surface area contributed by atoms with Gasteiger partial charge < -0.3 is 58.6 Å². The first kappa shape index (κ1) is 37.1. The van der Waals surface area contributed by atoms with Crippen molar-refractivity contribution in [3.63, 3.8) is 0 Å². The minimum absolute atomic E-state index is 0.135. The molecule has 0 aliphatic carbocycles. The molecule has 0 bridgehead atoms. The van der Waals surface area contributed by atoms with E-state index in [0.717, 1.165) is 0 Å². The maximum absolute atomic E-state index is 12.1. The molecular weight excluding hydrogens is 654 g/mol. The molecule has 1 aliphatic heterocycles. The van der Waals surface area contributed by atoms with Gasteiger partial charge in [-0.3, -0.25) is 13.7 Å². The lowest BCUT2D eigenvalue weighted by Crippen LogP contribution is -2.37. The number of ether oxygens (including phenoxy) is 6. The number of hydrogen-bond donors (Lipinski definition) is 7. The van der Waals surface area contributed by atoms with Crippen LogP contribution in [-0.4, -0.2) is 148 Å². The maximum Gasteiger partial charge on any atom is 0.336 e. The lowest BCUT2D eigenvalue weighted by Gasteiger charge is -2.19. The summed E-state index contributed by atoms with van der Waals surface area (Å²) in [4.78, 5) is 40.3. The van der Waals surface area contributed by atoms with E-state index in [1.54, 1.807) is 7.11 Å². The van der Waals surface area contributed by atoms with Crippen molar-refractivity contribution in [2.24, 2.45) is 0 Å². The molecule has 1 fully saturated rings. The Bertz CT molecular complexity index is 1260. The molecule has 0 radical (unpaired) electrons. The van der Waals surface area contributed by atoms with Gasteiger partial charge in [-0.1, -0.05) is 0 Å². The number of fused-ring (bicyclic) bond motifs is 1. The summed E-state index contributed by atoms with van der Waals surface area (Å²) >= 11 is 6.12. The van der Waals surface area contributed by atoms with Crippen LogP contribution in [0.3, 0.4) is 0 Å². The Hall–Kier alpha value is -1.38. The molecule has 3 rings (SSSR count). The van der Waals surface area contributed by atoms with Crippen molar-refractivity contribution in [1.82, 2.24) is 24.6 Å². The second-order valence-electron chi connectivity index (χ2n) is 9.45. The quantitative estimate of drug-likeness (QED) is 0.0449. The number of aromatic nitrogens is 4. The Labute approximate surface area is 257 Å². The van der Waals surface area contributed by atoms with E-state index in [1.807, 2.05) is 0 Å². The molecule has 0 spiro atoms. The average Bonchev–Trinajstić information content (AvgIpc) is 3.48. The van der Waals surface area contributed by atoms with Crippen LogP contribution in [0.5, 0.6) is 0 Å². The molecule has 44 heavy (non-hydrogen) atoms. The zero-order valence-electron chi connectivity index (χ0n) is 23.9. The van der Waals surface area contributed by atoms with Gasteiger partial charge >= 0.3 is 7.60 Å². The summed E-state index contributed by atoms with van der Waals surface area (Å²) in [5, 5.41) is 26.1. The highest BCUT2D eigenvalue weighted by molar-refractivity contribution is 7.71. The van der Waals surface area contributed by atoms with Gasteiger partial charge in [0, 0.05) is 20.2 Å². The van der Waals surface area contributed by atoms with Crippen LogP contribution in [0.2, 0.25) is 5.28 Å². The third-order valence-corrected chi connectivity index (χ3v) is 9.86. The van der Waals surface area contributed by atoms with Gasteiger partial charge in [-0.2, -0.15) is 9.97 Å². The van der Waals surface area contributed by atoms with Crippen LogP contribution in [0.1, 0.15) is 6.23 Å². The smallest absolute Gasteiger partial charge is 0.336 e. The molecule has 5 atom stereocenters. The van der Waals surface area contributed by atoms with E-state index in [9.17, 15) is 24.2 Å². The van der Waals surface area contributed by atoms with E-state index >= 15 is 0 Å². The predicted octanol–water partition coefficient (Wildman–Crippen LogP) is -0.866. The Kier molecular flexibility index (Phi) is 15.2. The van der Waals surface area contributed by atoms with Crippen LogP contribution >= 0.6 is 26.7 Å². The highest BCUT2D eigenvalue weighted by Crippen LogP contribution is 2.52. The lowest BCUT2D eigenvalue weighted by molar-refractivity contribution is -0.0331. The standard InChI is InChI=1S/C22H39ClN6O13P2/c1-37-4-5-39-8-9-41-11-10-40-7-6-38-3-2-24-19-16-20(28-22(23)27-19)29(13-25-16)21-18(31)17(30)15(42-21)12-26-43(32,33)14-44(34,35)36/h13,15,17-18,21,30-31H,2-12,14H2,1H3,(H,24,27,28)(H2,26,32,33)(H2,34,35,36)/t15-,17?,18?,21-/m1/s1. The van der Waals surface area contributed by atoms with Gasteiger partial charge in [-0.15, -0.1) is 0 Å². The van der Waals surface area contributed by atoms with Gasteiger partial charge in [-0.05, 0) is 11.6 Å². The predicted molar refractivity (Wildman–Crippen MR) is 155 cm³/mol. The zero-order valence-corrected chi connectivity index (χ0v) is 26.5. The number of halogens is 1. The second kappa shape index (κ2) is 18.1. The van der Waals surface area contributed by atoms with Crippen molar-refractivity contribution in [2.75, 3.05) is 90.9 Å². The zero-order chi connectivity index (χ0) is 32.2. The molecule has 252 valence electrons. The van der Waals surface area contributed by atoms with Gasteiger partial charge in [-0.25, -0.2) is 10.1 Å². The Morgan fingerprint density at radius 3 is 2.11 bits per heavy atom. The van der Waals surface area contributed by atoms with Crippen LogP contribution in [0, 0.1) is 0 Å². The number of nitrogens with zero attached hydrogens (tertiary/aromatic N) is 4. The first-order valence-electron chi connectivity index (χ1n) is 13.5. The number of rotatable bonds is 22. The largest absolute Gasteiger partial charge is 0.387 e. The van der Waals surface area contributed by atoms with Crippen LogP contribution in [0.25, 0.3) is 11.2 Å². The van der Waals surface area contributed by atoms with Crippen molar-refractivity contribution in [2.45, 2.75) is 24.5 Å². The molecule has 1 aliphatic rings. The number of aliphatic hydroxyl groups excluding tert-OH is 2. The van der Waals surface area contributed by atoms with Gasteiger partial charge in [0.2, 0.25) is 5.28 Å². The molecular formula is C22H39ClN6O13P2. The Morgan fingerprint density at radius 2 is 1.52 bits per heavy atom. The van der Waals surface area contributed by atoms with E-state index in [-0.39, 0.29) is 22.3 Å². The van der Waals surface area contributed by atoms with Crippen LogP contribution in [0.4, 0.5) is 5.82 Å². The number of anilines is 1. The van der Waals surface area contributed by atoms with Crippen LogP contribution < -0.4 is 10.4 Å². The van der Waals surface area contributed by atoms with E-state index in [4.69, 9.17) is 49.8 Å². The van der Waals surface area contributed by atoms with E-state index in [1.165, 1.54) is 10.9 Å². The molecule has 22 heteroatoms. The van der Waals surface area contributed by atoms with Gasteiger partial charge in [0.1, 0.15) is 24.2 Å². The Balaban J connectivity index is 1.43. The van der Waals surface area contributed by atoms with Crippen LogP contribution in [0.15, 0.2) is 6.33 Å².